The van der Waals surface area contributed by atoms with E-state index in [-0.39, 0.29) is 48.1 Å². The first-order valence-electron chi connectivity index (χ1n) is 11.7. The van der Waals surface area contributed by atoms with Crippen LogP contribution >= 0.6 is 0 Å². The lowest BCUT2D eigenvalue weighted by Crippen LogP contribution is -2.11. The minimum absolute atomic E-state index is 0. The average molecular weight is 561 g/mol. The first kappa shape index (κ1) is 28.3. The maximum absolute atomic E-state index is 13.2. The van der Waals surface area contributed by atoms with Crippen LogP contribution in [0.15, 0.2) is 53.5 Å². The van der Waals surface area contributed by atoms with Crippen LogP contribution < -0.4 is 5.32 Å². The summed E-state index contributed by atoms with van der Waals surface area (Å²) in [5.74, 6) is 0.389. The number of pyridine rings is 1. The summed E-state index contributed by atoms with van der Waals surface area (Å²) in [6.45, 7) is 1.53. The molecular weight excluding hydrogens is 529 g/mol. The fourth-order valence-electron chi connectivity index (χ4n) is 4.92. The Morgan fingerprint density at radius 3 is 2.21 bits per heavy atom. The molecule has 1 aliphatic heterocycles. The van der Waals surface area contributed by atoms with Gasteiger partial charge in [0.25, 0.3) is 0 Å². The van der Waals surface area contributed by atoms with E-state index in [1.807, 2.05) is 30.5 Å². The number of fused-ring (bicyclic) bond motifs is 1. The highest BCUT2D eigenvalue weighted by Crippen LogP contribution is 2.55. The third kappa shape index (κ3) is 4.40. The van der Waals surface area contributed by atoms with Crippen molar-refractivity contribution in [2.45, 2.75) is 51.2 Å². The quantitative estimate of drug-likeness (QED) is 0.329. The Kier molecular flexibility index (Phi) is 6.70. The van der Waals surface area contributed by atoms with Crippen LogP contribution in [0, 0.1) is 0 Å². The third-order valence-corrected chi connectivity index (χ3v) is 9.05. The van der Waals surface area contributed by atoms with Crippen molar-refractivity contribution in [2.24, 2.45) is 14.1 Å². The summed E-state index contributed by atoms with van der Waals surface area (Å²) < 4.78 is 69.0. The summed E-state index contributed by atoms with van der Waals surface area (Å²) in [6.07, 6.45) is 0.627. The number of rotatable bonds is 6. The number of hydrogen-bond acceptors (Lipinski definition) is 6. The second-order valence-corrected chi connectivity index (χ2v) is 11.7. The van der Waals surface area contributed by atoms with Crippen LogP contribution in [-0.4, -0.2) is 38.3 Å². The molecule has 39 heavy (non-hydrogen) atoms. The van der Waals surface area contributed by atoms with E-state index < -0.39 is 21.7 Å². The van der Waals surface area contributed by atoms with E-state index in [1.165, 1.54) is 27.3 Å². The van der Waals surface area contributed by atoms with Crippen molar-refractivity contribution in [3.63, 3.8) is 0 Å². The Labute approximate surface area is 225 Å². The van der Waals surface area contributed by atoms with Gasteiger partial charge >= 0.3 is 6.18 Å². The van der Waals surface area contributed by atoms with Gasteiger partial charge in [0.1, 0.15) is 17.2 Å². The van der Waals surface area contributed by atoms with E-state index in [0.717, 1.165) is 30.7 Å². The van der Waals surface area contributed by atoms with Crippen molar-refractivity contribution < 1.29 is 21.6 Å². The van der Waals surface area contributed by atoms with Crippen molar-refractivity contribution in [3.05, 3.63) is 59.7 Å². The number of nitrogens with one attached hydrogen (secondary N) is 1. The highest BCUT2D eigenvalue weighted by Gasteiger charge is 2.50. The normalized spacial score (nSPS) is 15.7. The van der Waals surface area contributed by atoms with Gasteiger partial charge in [-0.15, -0.1) is 0 Å². The summed E-state index contributed by atoms with van der Waals surface area (Å²) in [7, 11) is -0.550. The van der Waals surface area contributed by atoms with Gasteiger partial charge < -0.3 is 14.5 Å². The SMILES string of the molecule is C.C.CCS(=O)(=O)c1c(-c2nc3cc(C(F)(F)F)ncc3n2C)nc(-c2ccc(C3(C4=CN4)CC3)cc2)n1C. The molecule has 0 amide bonds. The van der Waals surface area contributed by atoms with Gasteiger partial charge in [0.2, 0.25) is 0 Å². The van der Waals surface area contributed by atoms with Crippen LogP contribution in [0.25, 0.3) is 33.9 Å². The molecule has 208 valence electrons. The third-order valence-electron chi connectivity index (χ3n) is 7.24. The zero-order chi connectivity index (χ0) is 26.3. The Bertz CT molecular complexity index is 1710. The molecule has 0 radical (unpaired) electrons. The Balaban J connectivity index is 0.00000176. The molecule has 8 nitrogen and oxygen atoms in total. The standard InChI is InChI=1S/C25H23F3N6O2S.2CH4/c1-4-37(35,36)23-20(22-31-16-11-18(25(26,27)28)29-12-17(16)33(22)2)32-21(34(23)3)14-5-7-15(8-6-14)24(9-10-24)19-13-30-19;;/h5-8,11-13,30H,4,9-10H2,1-3H3;2*1H4. The van der Waals surface area contributed by atoms with Crippen molar-refractivity contribution in [1.29, 1.82) is 0 Å². The molecule has 1 saturated carbocycles. The van der Waals surface area contributed by atoms with E-state index in [2.05, 4.69) is 20.3 Å². The molecule has 6 rings (SSSR count). The minimum Gasteiger partial charge on any atom is -0.362 e. The van der Waals surface area contributed by atoms with Crippen LogP contribution in [0.3, 0.4) is 0 Å². The van der Waals surface area contributed by atoms with Gasteiger partial charge in [0.15, 0.2) is 20.7 Å². The number of allylic oxidation sites excluding steroid dienone is 1. The molecule has 1 N–H and O–H groups in total. The fourth-order valence-corrected chi connectivity index (χ4v) is 6.13. The van der Waals surface area contributed by atoms with Gasteiger partial charge in [-0.3, -0.25) is 0 Å². The topological polar surface area (TPSA) is 105 Å². The van der Waals surface area contributed by atoms with E-state index in [9.17, 15) is 21.6 Å². The molecule has 2 aliphatic rings. The molecule has 1 fully saturated rings. The zero-order valence-electron chi connectivity index (χ0n) is 20.3. The van der Waals surface area contributed by atoms with Gasteiger partial charge in [-0.05, 0) is 24.5 Å². The van der Waals surface area contributed by atoms with Crippen LogP contribution in [0.5, 0.6) is 0 Å². The van der Waals surface area contributed by atoms with E-state index in [1.54, 1.807) is 14.1 Å². The lowest BCUT2D eigenvalue weighted by molar-refractivity contribution is -0.141. The number of alkyl halides is 3. The smallest absolute Gasteiger partial charge is 0.362 e. The zero-order valence-corrected chi connectivity index (χ0v) is 21.1. The molecule has 0 saturated heterocycles. The van der Waals surface area contributed by atoms with Crippen molar-refractivity contribution in [3.8, 4) is 22.9 Å². The number of imidazole rings is 2. The number of halogens is 3. The molecule has 3 aromatic heterocycles. The van der Waals surface area contributed by atoms with Gasteiger partial charge in [-0.1, -0.05) is 46.0 Å². The van der Waals surface area contributed by atoms with Crippen LogP contribution in [0.1, 0.15) is 45.9 Å². The van der Waals surface area contributed by atoms with Gasteiger partial charge in [0.05, 0.1) is 23.0 Å². The van der Waals surface area contributed by atoms with Gasteiger partial charge in [0, 0.05) is 37.0 Å². The van der Waals surface area contributed by atoms with Gasteiger partial charge in [-0.25, -0.2) is 23.4 Å². The Morgan fingerprint density at radius 2 is 1.67 bits per heavy atom. The molecule has 4 heterocycles. The minimum atomic E-state index is -4.63. The Hall–Kier alpha value is -3.67. The number of benzene rings is 1. The molecular formula is C27H31F3N6O2S. The predicted molar refractivity (Wildman–Crippen MR) is 144 cm³/mol. The van der Waals surface area contributed by atoms with E-state index in [0.29, 0.717) is 11.3 Å². The molecule has 1 aliphatic carbocycles. The number of nitrogens with zero attached hydrogens (tertiary/aromatic N) is 5. The fraction of sp³-hybridized carbons (Fsp3) is 0.370. The van der Waals surface area contributed by atoms with Gasteiger partial charge in [-0.2, -0.15) is 13.2 Å². The van der Waals surface area contributed by atoms with Crippen molar-refractivity contribution in [1.82, 2.24) is 29.4 Å². The number of aromatic nitrogens is 5. The highest BCUT2D eigenvalue weighted by molar-refractivity contribution is 7.91. The highest BCUT2D eigenvalue weighted by atomic mass is 32.2. The molecule has 12 heteroatoms. The first-order chi connectivity index (χ1) is 17.5. The van der Waals surface area contributed by atoms with Crippen LogP contribution in [0.4, 0.5) is 13.2 Å². The summed E-state index contributed by atoms with van der Waals surface area (Å²) >= 11 is 0. The lowest BCUT2D eigenvalue weighted by atomic mass is 9.94. The van der Waals surface area contributed by atoms with E-state index >= 15 is 0 Å². The summed E-state index contributed by atoms with van der Waals surface area (Å²) in [5, 5.41) is 3.16. The number of hydrogen-bond donors (Lipinski definition) is 1. The number of sulfone groups is 1. The molecule has 0 bridgehead atoms. The molecule has 0 atom stereocenters. The van der Waals surface area contributed by atoms with Crippen molar-refractivity contribution in [2.75, 3.05) is 5.75 Å². The number of aryl methyl sites for hydroxylation is 1. The maximum Gasteiger partial charge on any atom is 0.433 e. The molecule has 0 spiro atoms. The summed E-state index contributed by atoms with van der Waals surface area (Å²) in [4.78, 5) is 12.6. The molecule has 4 aromatic rings. The van der Waals surface area contributed by atoms with Crippen LogP contribution in [-0.2, 0) is 35.5 Å². The molecule has 0 unspecified atom stereocenters. The summed E-state index contributed by atoms with van der Waals surface area (Å²) in [5.41, 5.74) is 2.59. The maximum atomic E-state index is 13.2. The molecule has 1 aromatic carbocycles. The van der Waals surface area contributed by atoms with Crippen LogP contribution in [0.2, 0.25) is 0 Å². The van der Waals surface area contributed by atoms with E-state index in [4.69, 9.17) is 0 Å². The average Bonchev–Trinajstić information content (AvgIpc) is 3.78. The Morgan fingerprint density at radius 1 is 1.03 bits per heavy atom. The largest absolute Gasteiger partial charge is 0.433 e. The second-order valence-electron chi connectivity index (χ2n) is 9.46. The monoisotopic (exact) mass is 560 g/mol. The first-order valence-corrected chi connectivity index (χ1v) is 13.4. The predicted octanol–water partition coefficient (Wildman–Crippen LogP) is 5.60. The summed E-state index contributed by atoms with van der Waals surface area (Å²) in [6, 6.07) is 8.76. The second kappa shape index (κ2) is 9.22. The van der Waals surface area contributed by atoms with Crippen molar-refractivity contribution >= 4 is 20.9 Å². The lowest BCUT2D eigenvalue weighted by Gasteiger charge is -2.12.